The van der Waals surface area contributed by atoms with Gasteiger partial charge in [-0.3, -0.25) is 9.88 Å². The molecule has 3 nitrogen and oxygen atoms in total. The number of para-hydroxylation sites is 1. The first kappa shape index (κ1) is 22.0. The van der Waals surface area contributed by atoms with E-state index in [0.29, 0.717) is 0 Å². The minimum Gasteiger partial charge on any atom is -0.314 e. The Kier molecular flexibility index (Phi) is 8.41. The van der Waals surface area contributed by atoms with Crippen LogP contribution in [-0.4, -0.2) is 42.2 Å². The number of halogens is 5. The highest BCUT2D eigenvalue weighted by Gasteiger charge is 2.31. The van der Waals surface area contributed by atoms with Gasteiger partial charge in [0.1, 0.15) is 0 Å². The van der Waals surface area contributed by atoms with Gasteiger partial charge in [-0.1, -0.05) is 24.3 Å². The van der Waals surface area contributed by atoms with Crippen LogP contribution in [0.5, 0.6) is 0 Å². The summed E-state index contributed by atoms with van der Waals surface area (Å²) < 4.78 is 38.1. The van der Waals surface area contributed by atoms with Crippen LogP contribution in [0.3, 0.4) is 0 Å². The van der Waals surface area contributed by atoms with Gasteiger partial charge in [-0.25, -0.2) is 0 Å². The lowest BCUT2D eigenvalue weighted by molar-refractivity contribution is -0.138. The van der Waals surface area contributed by atoms with Gasteiger partial charge in [0.2, 0.25) is 0 Å². The van der Waals surface area contributed by atoms with Crippen molar-refractivity contribution < 1.29 is 13.2 Å². The van der Waals surface area contributed by atoms with Crippen molar-refractivity contribution in [1.29, 1.82) is 0 Å². The molecule has 2 heterocycles. The van der Waals surface area contributed by atoms with Gasteiger partial charge in [0, 0.05) is 38.0 Å². The third kappa shape index (κ3) is 5.99. The summed E-state index contributed by atoms with van der Waals surface area (Å²) in [5, 5.41) is 4.24. The maximum absolute atomic E-state index is 12.7. The van der Waals surface area contributed by atoms with Crippen molar-refractivity contribution in [2.45, 2.75) is 25.1 Å². The summed E-state index contributed by atoms with van der Waals surface area (Å²) in [6, 6.07) is 11.2. The van der Waals surface area contributed by atoms with E-state index in [1.165, 1.54) is 0 Å². The number of fused-ring (bicyclic) bond motifs is 1. The molecule has 1 aliphatic heterocycles. The fraction of sp³-hybridized carbons (Fsp3) is 0.471. The standard InChI is InChI=1S/C17H20F3N3.2ClH/c18-17(19,20)8-7-16(23-11-9-21-10-12-23)15-6-5-13-3-1-2-4-14(13)22-15;;/h1-6,16,21H,7-12H2;2*1H/t16-;;/m0../s1. The molecule has 0 unspecified atom stereocenters. The van der Waals surface area contributed by atoms with Crippen LogP contribution in [0.1, 0.15) is 24.6 Å². The first-order chi connectivity index (χ1) is 11.0. The molecule has 140 valence electrons. The monoisotopic (exact) mass is 395 g/mol. The van der Waals surface area contributed by atoms with E-state index in [0.717, 1.165) is 42.8 Å². The van der Waals surface area contributed by atoms with Crippen LogP contribution in [-0.2, 0) is 0 Å². The molecule has 0 amide bonds. The Labute approximate surface area is 157 Å². The molecule has 3 rings (SSSR count). The number of pyridine rings is 1. The van der Waals surface area contributed by atoms with Gasteiger partial charge in [0.15, 0.2) is 0 Å². The zero-order valence-corrected chi connectivity index (χ0v) is 15.3. The first-order valence-corrected chi connectivity index (χ1v) is 7.90. The number of nitrogens with one attached hydrogen (secondary N) is 1. The summed E-state index contributed by atoms with van der Waals surface area (Å²) in [6.07, 6.45) is -4.87. The first-order valence-electron chi connectivity index (χ1n) is 7.90. The topological polar surface area (TPSA) is 28.2 Å². The van der Waals surface area contributed by atoms with Gasteiger partial charge < -0.3 is 5.32 Å². The van der Waals surface area contributed by atoms with Crippen molar-refractivity contribution in [1.82, 2.24) is 15.2 Å². The average molecular weight is 396 g/mol. The lowest BCUT2D eigenvalue weighted by atomic mass is 10.0. The Morgan fingerprint density at radius 2 is 1.72 bits per heavy atom. The Morgan fingerprint density at radius 3 is 2.40 bits per heavy atom. The number of hydrogen-bond acceptors (Lipinski definition) is 3. The van der Waals surface area contributed by atoms with Gasteiger partial charge in [-0.05, 0) is 18.6 Å². The molecule has 2 aromatic rings. The molecule has 0 spiro atoms. The summed E-state index contributed by atoms with van der Waals surface area (Å²) >= 11 is 0. The smallest absolute Gasteiger partial charge is 0.314 e. The number of rotatable bonds is 4. The summed E-state index contributed by atoms with van der Waals surface area (Å²) in [6.45, 7) is 3.10. The molecule has 0 saturated carbocycles. The highest BCUT2D eigenvalue weighted by molar-refractivity contribution is 5.85. The quantitative estimate of drug-likeness (QED) is 0.832. The van der Waals surface area contributed by atoms with Gasteiger partial charge in [0.25, 0.3) is 0 Å². The van der Waals surface area contributed by atoms with Crippen molar-refractivity contribution >= 4 is 35.7 Å². The normalized spacial score (nSPS) is 16.8. The summed E-state index contributed by atoms with van der Waals surface area (Å²) in [4.78, 5) is 6.73. The second-order valence-electron chi connectivity index (χ2n) is 5.88. The molecule has 1 saturated heterocycles. The number of nitrogens with zero attached hydrogens (tertiary/aromatic N) is 2. The Balaban J connectivity index is 0.00000156. The van der Waals surface area contributed by atoms with E-state index >= 15 is 0 Å². The molecular formula is C17H22Cl2F3N3. The van der Waals surface area contributed by atoms with Crippen molar-refractivity contribution in [2.75, 3.05) is 26.2 Å². The molecule has 1 fully saturated rings. The Hall–Kier alpha value is -1.08. The van der Waals surface area contributed by atoms with E-state index in [1.807, 2.05) is 36.4 Å². The maximum Gasteiger partial charge on any atom is 0.389 e. The van der Waals surface area contributed by atoms with Gasteiger partial charge in [0.05, 0.1) is 17.3 Å². The van der Waals surface area contributed by atoms with E-state index in [4.69, 9.17) is 0 Å². The van der Waals surface area contributed by atoms with Crippen molar-refractivity contribution in [3.8, 4) is 0 Å². The lowest BCUT2D eigenvalue weighted by Gasteiger charge is -2.35. The Bertz CT molecular complexity index is 661. The molecule has 8 heteroatoms. The Morgan fingerprint density at radius 1 is 1.04 bits per heavy atom. The molecular weight excluding hydrogens is 374 g/mol. The van der Waals surface area contributed by atoms with Gasteiger partial charge in [-0.2, -0.15) is 13.2 Å². The predicted octanol–water partition coefficient (Wildman–Crippen LogP) is 4.37. The van der Waals surface area contributed by atoms with E-state index in [2.05, 4.69) is 15.2 Å². The number of piperazine rings is 1. The van der Waals surface area contributed by atoms with Crippen LogP contribution in [0.2, 0.25) is 0 Å². The maximum atomic E-state index is 12.7. The third-order valence-corrected chi connectivity index (χ3v) is 4.25. The van der Waals surface area contributed by atoms with E-state index in [9.17, 15) is 13.2 Å². The SMILES string of the molecule is Cl.Cl.FC(F)(F)CC[C@@H](c1ccc2ccccc2n1)N1CCNCC1. The highest BCUT2D eigenvalue weighted by Crippen LogP contribution is 2.31. The second-order valence-corrected chi connectivity index (χ2v) is 5.88. The van der Waals surface area contributed by atoms with Crippen molar-refractivity contribution in [3.05, 3.63) is 42.1 Å². The van der Waals surface area contributed by atoms with Crippen LogP contribution in [0.15, 0.2) is 36.4 Å². The average Bonchev–Trinajstić information content (AvgIpc) is 2.55. The fourth-order valence-corrected chi connectivity index (χ4v) is 3.08. The molecule has 0 radical (unpaired) electrons. The van der Waals surface area contributed by atoms with Crippen LogP contribution in [0, 0.1) is 0 Å². The molecule has 25 heavy (non-hydrogen) atoms. The molecule has 1 aliphatic rings. The highest BCUT2D eigenvalue weighted by atomic mass is 35.5. The number of hydrogen-bond donors (Lipinski definition) is 1. The lowest BCUT2D eigenvalue weighted by Crippen LogP contribution is -2.45. The second kappa shape index (κ2) is 9.57. The number of alkyl halides is 3. The zero-order valence-electron chi connectivity index (χ0n) is 13.6. The predicted molar refractivity (Wildman–Crippen MR) is 98.7 cm³/mol. The molecule has 1 atom stereocenters. The van der Waals surface area contributed by atoms with Crippen LogP contribution in [0.4, 0.5) is 13.2 Å². The van der Waals surface area contributed by atoms with E-state index < -0.39 is 12.6 Å². The molecule has 0 bridgehead atoms. The summed E-state index contributed by atoms with van der Waals surface area (Å²) in [5.41, 5.74) is 1.56. The van der Waals surface area contributed by atoms with Crippen molar-refractivity contribution in [3.63, 3.8) is 0 Å². The summed E-state index contributed by atoms with van der Waals surface area (Å²) in [5.74, 6) is 0. The molecule has 0 aliphatic carbocycles. The molecule has 1 aromatic carbocycles. The van der Waals surface area contributed by atoms with Crippen LogP contribution >= 0.6 is 24.8 Å². The zero-order chi connectivity index (χ0) is 16.3. The van der Waals surface area contributed by atoms with E-state index in [1.54, 1.807) is 0 Å². The van der Waals surface area contributed by atoms with Crippen LogP contribution < -0.4 is 5.32 Å². The number of aromatic nitrogens is 1. The third-order valence-electron chi connectivity index (χ3n) is 4.25. The fourth-order valence-electron chi connectivity index (χ4n) is 3.08. The van der Waals surface area contributed by atoms with E-state index in [-0.39, 0.29) is 37.3 Å². The minimum atomic E-state index is -4.14. The molecule has 1 aromatic heterocycles. The van der Waals surface area contributed by atoms with Gasteiger partial charge in [-0.15, -0.1) is 24.8 Å². The molecule has 1 N–H and O–H groups in total. The largest absolute Gasteiger partial charge is 0.389 e. The van der Waals surface area contributed by atoms with Gasteiger partial charge >= 0.3 is 6.18 Å². The number of benzene rings is 1. The minimum absolute atomic E-state index is 0. The van der Waals surface area contributed by atoms with Crippen molar-refractivity contribution in [2.24, 2.45) is 0 Å². The summed E-state index contributed by atoms with van der Waals surface area (Å²) in [7, 11) is 0. The van der Waals surface area contributed by atoms with Crippen LogP contribution in [0.25, 0.3) is 10.9 Å².